The first-order valence-electron chi connectivity index (χ1n) is 6.57. The molecule has 1 heterocycles. The highest BCUT2D eigenvalue weighted by atomic mass is 16.6. The van der Waals surface area contributed by atoms with Crippen molar-refractivity contribution in [2.45, 2.75) is 45.8 Å². The van der Waals surface area contributed by atoms with Crippen molar-refractivity contribution in [1.29, 1.82) is 0 Å². The van der Waals surface area contributed by atoms with Gasteiger partial charge in [0.15, 0.2) is 0 Å². The van der Waals surface area contributed by atoms with Crippen LogP contribution >= 0.6 is 0 Å². The van der Waals surface area contributed by atoms with E-state index in [1.54, 1.807) is 27.7 Å². The van der Waals surface area contributed by atoms with Crippen molar-refractivity contribution in [3.63, 3.8) is 0 Å². The van der Waals surface area contributed by atoms with Gasteiger partial charge in [-0.1, -0.05) is 0 Å². The van der Waals surface area contributed by atoms with Gasteiger partial charge in [0.1, 0.15) is 11.6 Å². The third-order valence-electron chi connectivity index (χ3n) is 2.65. The van der Waals surface area contributed by atoms with Crippen molar-refractivity contribution in [3.05, 3.63) is 0 Å². The summed E-state index contributed by atoms with van der Waals surface area (Å²) in [6, 6.07) is -0.711. The first-order valence-corrected chi connectivity index (χ1v) is 6.57. The van der Waals surface area contributed by atoms with Crippen LogP contribution in [-0.4, -0.2) is 43.5 Å². The fourth-order valence-corrected chi connectivity index (χ4v) is 1.85. The molecule has 0 spiro atoms. The summed E-state index contributed by atoms with van der Waals surface area (Å²) < 4.78 is 15.4. The fourth-order valence-electron chi connectivity index (χ4n) is 1.85. The Kier molecular flexibility index (Phi) is 5.60. The van der Waals surface area contributed by atoms with Gasteiger partial charge in [-0.25, -0.2) is 9.59 Å². The van der Waals surface area contributed by atoms with Gasteiger partial charge in [0, 0.05) is 12.5 Å². The number of esters is 1. The van der Waals surface area contributed by atoms with Crippen molar-refractivity contribution in [2.24, 2.45) is 5.92 Å². The smallest absolute Gasteiger partial charge is 0.408 e. The monoisotopic (exact) mass is 273 g/mol. The van der Waals surface area contributed by atoms with Crippen LogP contribution in [0.2, 0.25) is 0 Å². The predicted molar refractivity (Wildman–Crippen MR) is 68.7 cm³/mol. The summed E-state index contributed by atoms with van der Waals surface area (Å²) in [4.78, 5) is 23.6. The van der Waals surface area contributed by atoms with Crippen LogP contribution in [-0.2, 0) is 19.0 Å². The molecule has 1 saturated heterocycles. The first-order chi connectivity index (χ1) is 8.83. The van der Waals surface area contributed by atoms with Crippen LogP contribution in [0.25, 0.3) is 0 Å². The van der Waals surface area contributed by atoms with Crippen LogP contribution in [0.4, 0.5) is 4.79 Å². The molecule has 0 aromatic carbocycles. The molecule has 0 aliphatic carbocycles. The summed E-state index contributed by atoms with van der Waals surface area (Å²) in [6.45, 7) is 8.35. The zero-order chi connectivity index (χ0) is 14.5. The van der Waals surface area contributed by atoms with E-state index in [4.69, 9.17) is 14.2 Å². The molecule has 1 fully saturated rings. The molecular weight excluding hydrogens is 250 g/mol. The van der Waals surface area contributed by atoms with Crippen molar-refractivity contribution < 1.29 is 23.8 Å². The van der Waals surface area contributed by atoms with Gasteiger partial charge in [0.25, 0.3) is 0 Å². The summed E-state index contributed by atoms with van der Waals surface area (Å²) >= 11 is 0. The zero-order valence-corrected chi connectivity index (χ0v) is 12.0. The van der Waals surface area contributed by atoms with Gasteiger partial charge in [0.2, 0.25) is 0 Å². The maximum absolute atomic E-state index is 11.9. The molecule has 6 heteroatoms. The molecule has 2 atom stereocenters. The minimum Gasteiger partial charge on any atom is -0.464 e. The van der Waals surface area contributed by atoms with Crippen LogP contribution < -0.4 is 5.32 Å². The summed E-state index contributed by atoms with van der Waals surface area (Å²) in [5.41, 5.74) is -0.602. The molecule has 1 aliphatic rings. The van der Waals surface area contributed by atoms with Crippen LogP contribution in [0, 0.1) is 5.92 Å². The molecule has 110 valence electrons. The quantitative estimate of drug-likeness (QED) is 0.785. The Bertz CT molecular complexity index is 317. The van der Waals surface area contributed by atoms with E-state index < -0.39 is 23.7 Å². The molecule has 0 aromatic heterocycles. The van der Waals surface area contributed by atoms with E-state index in [0.29, 0.717) is 13.2 Å². The third-order valence-corrected chi connectivity index (χ3v) is 2.65. The van der Waals surface area contributed by atoms with E-state index in [0.717, 1.165) is 6.42 Å². The Morgan fingerprint density at radius 1 is 1.42 bits per heavy atom. The van der Waals surface area contributed by atoms with Gasteiger partial charge >= 0.3 is 12.1 Å². The molecule has 0 bridgehead atoms. The fraction of sp³-hybridized carbons (Fsp3) is 0.846. The highest BCUT2D eigenvalue weighted by Gasteiger charge is 2.34. The second-order valence-electron chi connectivity index (χ2n) is 5.50. The molecule has 0 saturated carbocycles. The Balaban J connectivity index is 2.63. The number of carbonyl (C=O) groups excluding carboxylic acids is 2. The molecule has 1 N–H and O–H groups in total. The number of alkyl carbamates (subject to hydrolysis) is 1. The van der Waals surface area contributed by atoms with Gasteiger partial charge in [-0.15, -0.1) is 0 Å². The maximum Gasteiger partial charge on any atom is 0.408 e. The largest absolute Gasteiger partial charge is 0.464 e. The van der Waals surface area contributed by atoms with E-state index >= 15 is 0 Å². The highest BCUT2D eigenvalue weighted by molar-refractivity contribution is 5.81. The highest BCUT2D eigenvalue weighted by Crippen LogP contribution is 2.18. The first kappa shape index (κ1) is 15.8. The summed E-state index contributed by atoms with van der Waals surface area (Å²) in [7, 11) is 0. The predicted octanol–water partition coefficient (Wildman–Crippen LogP) is 1.48. The second kappa shape index (κ2) is 6.75. The molecule has 1 aliphatic heterocycles. The number of hydrogen-bond acceptors (Lipinski definition) is 5. The summed E-state index contributed by atoms with van der Waals surface area (Å²) in [6.07, 6.45) is 0.108. The van der Waals surface area contributed by atoms with Gasteiger partial charge in [-0.2, -0.15) is 0 Å². The molecule has 0 radical (unpaired) electrons. The zero-order valence-electron chi connectivity index (χ0n) is 12.0. The van der Waals surface area contributed by atoms with Gasteiger partial charge in [0.05, 0.1) is 13.2 Å². The number of amides is 1. The molecule has 0 aromatic rings. The Hall–Kier alpha value is -1.30. The number of rotatable bonds is 4. The lowest BCUT2D eigenvalue weighted by Gasteiger charge is -2.25. The van der Waals surface area contributed by atoms with Crippen molar-refractivity contribution >= 4 is 12.1 Å². The normalized spacial score (nSPS) is 20.7. The number of nitrogens with one attached hydrogen (secondary N) is 1. The lowest BCUT2D eigenvalue weighted by Crippen LogP contribution is -2.48. The van der Waals surface area contributed by atoms with E-state index in [-0.39, 0.29) is 12.5 Å². The molecule has 1 rings (SSSR count). The van der Waals surface area contributed by atoms with E-state index in [9.17, 15) is 9.59 Å². The Morgan fingerprint density at radius 2 is 2.11 bits per heavy atom. The Morgan fingerprint density at radius 3 is 2.58 bits per heavy atom. The van der Waals surface area contributed by atoms with E-state index in [2.05, 4.69) is 5.32 Å². The van der Waals surface area contributed by atoms with E-state index in [1.807, 2.05) is 0 Å². The van der Waals surface area contributed by atoms with Gasteiger partial charge in [-0.3, -0.25) is 0 Å². The number of ether oxygens (including phenoxy) is 3. The van der Waals surface area contributed by atoms with Crippen molar-refractivity contribution in [2.75, 3.05) is 19.8 Å². The summed E-state index contributed by atoms with van der Waals surface area (Å²) in [5, 5.41) is 2.58. The van der Waals surface area contributed by atoms with Crippen molar-refractivity contribution in [3.8, 4) is 0 Å². The minimum atomic E-state index is -0.711. The molecular formula is C13H23NO5. The second-order valence-corrected chi connectivity index (χ2v) is 5.50. The van der Waals surface area contributed by atoms with Gasteiger partial charge in [-0.05, 0) is 34.1 Å². The summed E-state index contributed by atoms with van der Waals surface area (Å²) in [5.74, 6) is -0.504. The van der Waals surface area contributed by atoms with E-state index in [1.165, 1.54) is 0 Å². The number of carbonyl (C=O) groups is 2. The average molecular weight is 273 g/mol. The lowest BCUT2D eigenvalue weighted by atomic mass is 9.99. The topological polar surface area (TPSA) is 73.9 Å². The Labute approximate surface area is 113 Å². The molecule has 19 heavy (non-hydrogen) atoms. The van der Waals surface area contributed by atoms with Crippen LogP contribution in [0.1, 0.15) is 34.1 Å². The maximum atomic E-state index is 11.9. The molecule has 1 amide bonds. The SMILES string of the molecule is CCOC(=O)[C@@H](NC(=O)OC(C)(C)C)[C@H]1CCOC1. The number of hydrogen-bond donors (Lipinski definition) is 1. The van der Waals surface area contributed by atoms with Crippen LogP contribution in [0.15, 0.2) is 0 Å². The van der Waals surface area contributed by atoms with Crippen LogP contribution in [0.3, 0.4) is 0 Å². The van der Waals surface area contributed by atoms with Crippen LogP contribution in [0.5, 0.6) is 0 Å². The molecule has 0 unspecified atom stereocenters. The molecule has 6 nitrogen and oxygen atoms in total. The van der Waals surface area contributed by atoms with Crippen molar-refractivity contribution in [1.82, 2.24) is 5.32 Å². The minimum absolute atomic E-state index is 0.0634. The average Bonchev–Trinajstić information content (AvgIpc) is 2.76. The van der Waals surface area contributed by atoms with Gasteiger partial charge < -0.3 is 19.5 Å². The standard InChI is InChI=1S/C13H23NO5/c1-5-18-11(15)10(9-6-7-17-8-9)14-12(16)19-13(2,3)4/h9-10H,5-8H2,1-4H3,(H,14,16)/t9-,10-/m0/s1. The third kappa shape index (κ3) is 5.46. The lowest BCUT2D eigenvalue weighted by molar-refractivity contribution is -0.147.